The van der Waals surface area contributed by atoms with Gasteiger partial charge in [0.1, 0.15) is 12.0 Å². The van der Waals surface area contributed by atoms with Gasteiger partial charge in [0.15, 0.2) is 0 Å². The Morgan fingerprint density at radius 1 is 1.62 bits per heavy atom. The molecule has 1 saturated heterocycles. The molecular formula is C7H11F2NO3. The second-order valence-electron chi connectivity index (χ2n) is 3.35. The number of aliphatic hydroxyl groups is 1. The lowest BCUT2D eigenvalue weighted by Gasteiger charge is -2.37. The quantitative estimate of drug-likeness (QED) is 0.599. The summed E-state index contributed by atoms with van der Waals surface area (Å²) in [4.78, 5) is 11.7. The zero-order valence-corrected chi connectivity index (χ0v) is 7.07. The zero-order chi connectivity index (χ0) is 10.2. The van der Waals surface area contributed by atoms with E-state index >= 15 is 0 Å². The van der Waals surface area contributed by atoms with Crippen LogP contribution in [-0.2, 0) is 4.79 Å². The Morgan fingerprint density at radius 3 is 2.62 bits per heavy atom. The fourth-order valence-corrected chi connectivity index (χ4v) is 1.46. The molecule has 0 spiro atoms. The molecule has 1 aliphatic heterocycles. The number of aliphatic carboxylic acids is 1. The fourth-order valence-electron chi connectivity index (χ4n) is 1.46. The highest BCUT2D eigenvalue weighted by molar-refractivity contribution is 5.71. The third-order valence-corrected chi connectivity index (χ3v) is 2.12. The number of rotatable bonds is 1. The van der Waals surface area contributed by atoms with Gasteiger partial charge in [-0.25, -0.2) is 8.78 Å². The minimum atomic E-state index is -3.34. The van der Waals surface area contributed by atoms with Crippen LogP contribution in [-0.4, -0.2) is 53.2 Å². The summed E-state index contributed by atoms with van der Waals surface area (Å²) in [6, 6.07) is 0. The number of carboxylic acid groups (broad SMARTS) is 1. The number of hydrogen-bond donors (Lipinski definition) is 2. The van der Waals surface area contributed by atoms with E-state index in [4.69, 9.17) is 10.2 Å². The van der Waals surface area contributed by atoms with Crippen LogP contribution >= 0.6 is 0 Å². The third-order valence-electron chi connectivity index (χ3n) is 2.12. The van der Waals surface area contributed by atoms with Crippen molar-refractivity contribution in [2.45, 2.75) is 12.0 Å². The van der Waals surface area contributed by atoms with Crippen molar-refractivity contribution in [3.8, 4) is 0 Å². The molecule has 1 rings (SSSR count). The molecule has 0 aromatic carbocycles. The zero-order valence-electron chi connectivity index (χ0n) is 7.07. The monoisotopic (exact) mass is 195 g/mol. The van der Waals surface area contributed by atoms with Gasteiger partial charge in [0, 0.05) is 6.54 Å². The summed E-state index contributed by atoms with van der Waals surface area (Å²) in [6.45, 7) is -0.649. The van der Waals surface area contributed by atoms with E-state index in [1.165, 1.54) is 11.9 Å². The number of likely N-dealkylation sites (tertiary alicyclic amines) is 1. The molecule has 0 bridgehead atoms. The maximum atomic E-state index is 12.9. The van der Waals surface area contributed by atoms with Gasteiger partial charge in [0.25, 0.3) is 5.92 Å². The van der Waals surface area contributed by atoms with E-state index in [1.54, 1.807) is 0 Å². The second-order valence-corrected chi connectivity index (χ2v) is 3.35. The van der Waals surface area contributed by atoms with Crippen LogP contribution in [0.3, 0.4) is 0 Å². The van der Waals surface area contributed by atoms with Gasteiger partial charge in [0.2, 0.25) is 0 Å². The number of aliphatic hydroxyl groups excluding tert-OH is 1. The molecule has 0 saturated carbocycles. The van der Waals surface area contributed by atoms with E-state index in [-0.39, 0.29) is 6.54 Å². The highest BCUT2D eigenvalue weighted by Gasteiger charge is 2.50. The first kappa shape index (κ1) is 10.3. The minimum Gasteiger partial charge on any atom is -0.481 e. The second kappa shape index (κ2) is 3.19. The molecule has 0 aliphatic carbocycles. The van der Waals surface area contributed by atoms with E-state index in [2.05, 4.69) is 0 Å². The van der Waals surface area contributed by atoms with Gasteiger partial charge < -0.3 is 10.2 Å². The molecule has 2 N–H and O–H groups in total. The topological polar surface area (TPSA) is 60.8 Å². The summed E-state index contributed by atoms with van der Waals surface area (Å²) in [5.74, 6) is -6.14. The standard InChI is InChI=1S/C7H11F2NO3/c1-10-2-4(6(12)13)5(11)7(8,9)3-10/h4-5,11H,2-3H2,1H3,(H,12,13). The van der Waals surface area contributed by atoms with Crippen molar-refractivity contribution >= 4 is 5.97 Å². The van der Waals surface area contributed by atoms with Crippen molar-refractivity contribution in [2.24, 2.45) is 5.92 Å². The average Bonchev–Trinajstić information content (AvgIpc) is 1.95. The lowest BCUT2D eigenvalue weighted by atomic mass is 9.92. The molecule has 0 aromatic rings. The van der Waals surface area contributed by atoms with Crippen LogP contribution in [0.4, 0.5) is 8.78 Å². The molecule has 76 valence electrons. The van der Waals surface area contributed by atoms with Gasteiger partial charge >= 0.3 is 5.97 Å². The SMILES string of the molecule is CN1CC(C(=O)O)C(O)C(F)(F)C1. The Hall–Kier alpha value is -0.750. The molecule has 4 nitrogen and oxygen atoms in total. The molecule has 1 aliphatic rings. The van der Waals surface area contributed by atoms with Crippen molar-refractivity contribution in [3.63, 3.8) is 0 Å². The molecule has 1 heterocycles. The summed E-state index contributed by atoms with van der Waals surface area (Å²) in [7, 11) is 1.40. The Labute approximate surface area is 73.8 Å². The van der Waals surface area contributed by atoms with Crippen LogP contribution in [0.5, 0.6) is 0 Å². The third kappa shape index (κ3) is 1.94. The smallest absolute Gasteiger partial charge is 0.310 e. The van der Waals surface area contributed by atoms with Crippen LogP contribution in [0.15, 0.2) is 0 Å². The number of hydrogen-bond acceptors (Lipinski definition) is 3. The summed E-state index contributed by atoms with van der Waals surface area (Å²) in [6.07, 6.45) is -2.08. The molecule has 0 amide bonds. The van der Waals surface area contributed by atoms with Crippen molar-refractivity contribution in [2.75, 3.05) is 20.1 Å². The van der Waals surface area contributed by atoms with Gasteiger partial charge in [-0.1, -0.05) is 0 Å². The summed E-state index contributed by atoms with van der Waals surface area (Å²) in [5, 5.41) is 17.6. The Morgan fingerprint density at radius 2 is 2.15 bits per heavy atom. The van der Waals surface area contributed by atoms with Gasteiger partial charge in [-0.2, -0.15) is 0 Å². The van der Waals surface area contributed by atoms with Crippen molar-refractivity contribution in [1.29, 1.82) is 0 Å². The number of nitrogens with zero attached hydrogens (tertiary/aromatic N) is 1. The Kier molecular flexibility index (Phi) is 2.53. The number of carbonyl (C=O) groups is 1. The summed E-state index contributed by atoms with van der Waals surface area (Å²) in [5.41, 5.74) is 0. The fraction of sp³-hybridized carbons (Fsp3) is 0.857. The van der Waals surface area contributed by atoms with E-state index < -0.39 is 30.5 Å². The van der Waals surface area contributed by atoms with Crippen molar-refractivity contribution < 1.29 is 23.8 Å². The van der Waals surface area contributed by atoms with Gasteiger partial charge in [-0.15, -0.1) is 0 Å². The Bertz CT molecular complexity index is 222. The lowest BCUT2D eigenvalue weighted by molar-refractivity contribution is -0.187. The van der Waals surface area contributed by atoms with Crippen LogP contribution < -0.4 is 0 Å². The highest BCUT2D eigenvalue weighted by Crippen LogP contribution is 2.30. The van der Waals surface area contributed by atoms with Gasteiger partial charge in [-0.05, 0) is 7.05 Å². The molecule has 2 unspecified atom stereocenters. The van der Waals surface area contributed by atoms with E-state index in [0.29, 0.717) is 0 Å². The maximum Gasteiger partial charge on any atom is 0.310 e. The maximum absolute atomic E-state index is 12.9. The van der Waals surface area contributed by atoms with Crippen LogP contribution in [0.25, 0.3) is 0 Å². The normalized spacial score (nSPS) is 34.5. The first-order valence-corrected chi connectivity index (χ1v) is 3.82. The van der Waals surface area contributed by atoms with E-state index in [9.17, 15) is 13.6 Å². The highest BCUT2D eigenvalue weighted by atomic mass is 19.3. The molecule has 2 atom stereocenters. The molecule has 0 radical (unpaired) electrons. The first-order chi connectivity index (χ1) is 5.84. The van der Waals surface area contributed by atoms with Crippen molar-refractivity contribution in [3.05, 3.63) is 0 Å². The first-order valence-electron chi connectivity index (χ1n) is 3.82. The van der Waals surface area contributed by atoms with E-state index in [1.807, 2.05) is 0 Å². The predicted molar refractivity (Wildman–Crippen MR) is 39.6 cm³/mol. The molecular weight excluding hydrogens is 184 g/mol. The summed E-state index contributed by atoms with van der Waals surface area (Å²) < 4.78 is 25.8. The predicted octanol–water partition coefficient (Wildman–Crippen LogP) is -0.371. The van der Waals surface area contributed by atoms with Gasteiger partial charge in [0.05, 0.1) is 6.54 Å². The largest absolute Gasteiger partial charge is 0.481 e. The van der Waals surface area contributed by atoms with Crippen LogP contribution in [0.2, 0.25) is 0 Å². The number of alkyl halides is 2. The molecule has 13 heavy (non-hydrogen) atoms. The van der Waals surface area contributed by atoms with Crippen LogP contribution in [0.1, 0.15) is 0 Å². The molecule has 6 heteroatoms. The van der Waals surface area contributed by atoms with Crippen LogP contribution in [0, 0.1) is 5.92 Å². The number of carboxylic acids is 1. The summed E-state index contributed by atoms with van der Waals surface area (Å²) >= 11 is 0. The number of halogens is 2. The molecule has 0 aromatic heterocycles. The van der Waals surface area contributed by atoms with E-state index in [0.717, 1.165) is 0 Å². The average molecular weight is 195 g/mol. The minimum absolute atomic E-state index is 0.0495. The molecule has 1 fully saturated rings. The number of piperidine rings is 1. The van der Waals surface area contributed by atoms with Crippen molar-refractivity contribution in [1.82, 2.24) is 4.90 Å². The van der Waals surface area contributed by atoms with Gasteiger partial charge in [-0.3, -0.25) is 9.69 Å². The lowest BCUT2D eigenvalue weighted by Crippen LogP contribution is -2.57. The Balaban J connectivity index is 2.81.